The Bertz CT molecular complexity index is 713. The molecule has 164 valence electrons. The molecule has 0 aliphatic rings. The molecule has 2 N–H and O–H groups in total. The second kappa shape index (κ2) is 10.8. The summed E-state index contributed by atoms with van der Waals surface area (Å²) in [6, 6.07) is 1.92. The monoisotopic (exact) mass is 427 g/mol. The molecule has 1 aromatic rings. The van der Waals surface area contributed by atoms with E-state index in [4.69, 9.17) is 4.74 Å². The Kier molecular flexibility index (Phi) is 9.05. The number of amides is 1. The normalized spacial score (nSPS) is 12.6. The van der Waals surface area contributed by atoms with E-state index < -0.39 is 41.6 Å². The fraction of sp³-hybridized carbons (Fsp3) is 0.588. The van der Waals surface area contributed by atoms with E-state index in [1.807, 2.05) is 0 Å². The lowest BCUT2D eigenvalue weighted by molar-refractivity contribution is -0.384. The lowest BCUT2D eigenvalue weighted by atomic mass is 10.00. The maximum absolute atomic E-state index is 12.7. The molecule has 1 unspecified atom stereocenters. The molecule has 1 atom stereocenters. The lowest BCUT2D eigenvalue weighted by Gasteiger charge is -2.18. The summed E-state index contributed by atoms with van der Waals surface area (Å²) < 4.78 is 68.0. The van der Waals surface area contributed by atoms with Crippen LogP contribution in [0.25, 0.3) is 0 Å². The summed E-state index contributed by atoms with van der Waals surface area (Å²) in [7, 11) is 1.36. The first kappa shape index (κ1) is 24.4. The minimum atomic E-state index is -4.33. The van der Waals surface area contributed by atoms with Gasteiger partial charge in [0.15, 0.2) is 0 Å². The highest BCUT2D eigenvalue weighted by molar-refractivity contribution is 5.98. The molecule has 1 aromatic carbocycles. The summed E-state index contributed by atoms with van der Waals surface area (Å²) in [5.41, 5.74) is -0.892. The number of hydrogen-bond donors (Lipinski definition) is 2. The van der Waals surface area contributed by atoms with Crippen molar-refractivity contribution in [3.05, 3.63) is 27.8 Å². The number of benzene rings is 1. The smallest absolute Gasteiger partial charge is 0.391 e. The molecule has 7 nitrogen and oxygen atoms in total. The number of nitro groups is 1. The Morgan fingerprint density at radius 1 is 1.31 bits per heavy atom. The van der Waals surface area contributed by atoms with Crippen molar-refractivity contribution in [1.82, 2.24) is 5.32 Å². The van der Waals surface area contributed by atoms with Gasteiger partial charge in [0.05, 0.1) is 16.4 Å². The number of ether oxygens (including phenoxy) is 1. The van der Waals surface area contributed by atoms with E-state index in [-0.39, 0.29) is 42.8 Å². The number of nitrogens with one attached hydrogen (secondary N) is 2. The molecule has 0 aliphatic heterocycles. The van der Waals surface area contributed by atoms with Crippen molar-refractivity contribution in [3.8, 4) is 5.75 Å². The van der Waals surface area contributed by atoms with E-state index in [1.165, 1.54) is 14.0 Å². The zero-order valence-corrected chi connectivity index (χ0v) is 15.8. The largest absolute Gasteiger partial charge is 0.487 e. The maximum Gasteiger partial charge on any atom is 0.391 e. The standard InChI is InChI=1S/C17H22F5N3O4/c1-3-10(17(20,21)22)5-4-6-24-16(26)11-7-13(25(27)28)12(23-2)8-14(11)29-9-15(18)19/h7-8,10,15,23H,3-6,9H2,1-2H3,(H,24,26). The topological polar surface area (TPSA) is 93.5 Å². The van der Waals surface area contributed by atoms with E-state index in [9.17, 15) is 36.9 Å². The molecule has 0 saturated heterocycles. The Balaban J connectivity index is 2.93. The molecule has 0 aliphatic carbocycles. The first-order valence-electron chi connectivity index (χ1n) is 8.77. The van der Waals surface area contributed by atoms with E-state index >= 15 is 0 Å². The van der Waals surface area contributed by atoms with Crippen LogP contribution in [0, 0.1) is 16.0 Å². The van der Waals surface area contributed by atoms with Gasteiger partial charge in [0.1, 0.15) is 18.0 Å². The number of alkyl halides is 5. The Hall–Kier alpha value is -2.66. The molecule has 1 amide bonds. The molecule has 0 aromatic heterocycles. The van der Waals surface area contributed by atoms with Crippen LogP contribution in [0.4, 0.5) is 33.3 Å². The minimum Gasteiger partial charge on any atom is -0.487 e. The molecular formula is C17H22F5N3O4. The zero-order chi connectivity index (χ0) is 22.2. The van der Waals surface area contributed by atoms with Crippen LogP contribution < -0.4 is 15.4 Å². The predicted molar refractivity (Wildman–Crippen MR) is 95.5 cm³/mol. The summed E-state index contributed by atoms with van der Waals surface area (Å²) in [5.74, 6) is -2.68. The van der Waals surface area contributed by atoms with Gasteiger partial charge in [-0.3, -0.25) is 14.9 Å². The van der Waals surface area contributed by atoms with E-state index in [0.717, 1.165) is 12.1 Å². The SMILES string of the molecule is CCC(CCCNC(=O)c1cc([N+](=O)[O-])c(NC)cc1OCC(F)F)C(F)(F)F. The predicted octanol–water partition coefficient (Wildman–Crippen LogP) is 4.38. The average molecular weight is 427 g/mol. The molecule has 0 spiro atoms. The second-order valence-corrected chi connectivity index (χ2v) is 6.12. The summed E-state index contributed by atoms with van der Waals surface area (Å²) in [6.07, 6.45) is -7.45. The molecule has 0 fully saturated rings. The van der Waals surface area contributed by atoms with Crippen molar-refractivity contribution in [1.29, 1.82) is 0 Å². The van der Waals surface area contributed by atoms with Crippen LogP contribution in [-0.2, 0) is 0 Å². The van der Waals surface area contributed by atoms with Crippen LogP contribution in [0.2, 0.25) is 0 Å². The fourth-order valence-electron chi connectivity index (χ4n) is 2.61. The number of anilines is 1. The zero-order valence-electron chi connectivity index (χ0n) is 15.8. The molecule has 0 saturated carbocycles. The quantitative estimate of drug-likeness (QED) is 0.237. The number of nitro benzene ring substituents is 1. The lowest BCUT2D eigenvalue weighted by Crippen LogP contribution is -2.28. The van der Waals surface area contributed by atoms with Gasteiger partial charge in [-0.25, -0.2) is 8.78 Å². The first-order chi connectivity index (χ1) is 13.5. The number of rotatable bonds is 11. The van der Waals surface area contributed by atoms with Gasteiger partial charge in [0, 0.05) is 25.7 Å². The van der Waals surface area contributed by atoms with Crippen LogP contribution in [-0.4, -0.2) is 43.6 Å². The van der Waals surface area contributed by atoms with E-state index in [2.05, 4.69) is 10.6 Å². The highest BCUT2D eigenvalue weighted by Gasteiger charge is 2.37. The minimum absolute atomic E-state index is 0.0215. The van der Waals surface area contributed by atoms with Crippen LogP contribution in [0.5, 0.6) is 5.75 Å². The van der Waals surface area contributed by atoms with Crippen LogP contribution in [0.15, 0.2) is 12.1 Å². The van der Waals surface area contributed by atoms with Gasteiger partial charge in [0.25, 0.3) is 18.0 Å². The Labute approximate surface area is 163 Å². The number of hydrogen-bond acceptors (Lipinski definition) is 5. The molecule has 29 heavy (non-hydrogen) atoms. The highest BCUT2D eigenvalue weighted by atomic mass is 19.4. The summed E-state index contributed by atoms with van der Waals surface area (Å²) in [4.78, 5) is 22.7. The van der Waals surface area contributed by atoms with Crippen molar-refractivity contribution in [3.63, 3.8) is 0 Å². The first-order valence-corrected chi connectivity index (χ1v) is 8.77. The van der Waals surface area contributed by atoms with Gasteiger partial charge in [-0.2, -0.15) is 13.2 Å². The van der Waals surface area contributed by atoms with Crippen molar-refractivity contribution in [2.45, 2.75) is 38.8 Å². The third kappa shape index (κ3) is 7.35. The third-order valence-corrected chi connectivity index (χ3v) is 4.14. The maximum atomic E-state index is 12.7. The Morgan fingerprint density at radius 3 is 2.45 bits per heavy atom. The van der Waals surface area contributed by atoms with Crippen molar-refractivity contribution < 1.29 is 36.4 Å². The van der Waals surface area contributed by atoms with Gasteiger partial charge in [-0.1, -0.05) is 6.92 Å². The number of carbonyl (C=O) groups excluding carboxylic acids is 1. The van der Waals surface area contributed by atoms with Crippen LogP contribution in [0.1, 0.15) is 36.5 Å². The molecule has 0 heterocycles. The van der Waals surface area contributed by atoms with Crippen LogP contribution >= 0.6 is 0 Å². The highest BCUT2D eigenvalue weighted by Crippen LogP contribution is 2.33. The summed E-state index contributed by atoms with van der Waals surface area (Å²) in [6.45, 7) is 0.248. The summed E-state index contributed by atoms with van der Waals surface area (Å²) >= 11 is 0. The Morgan fingerprint density at radius 2 is 1.97 bits per heavy atom. The van der Waals surface area contributed by atoms with Crippen molar-refractivity contribution in [2.24, 2.45) is 5.92 Å². The molecule has 1 rings (SSSR count). The van der Waals surface area contributed by atoms with Crippen molar-refractivity contribution in [2.75, 3.05) is 25.5 Å². The van der Waals surface area contributed by atoms with E-state index in [0.29, 0.717) is 0 Å². The van der Waals surface area contributed by atoms with Crippen molar-refractivity contribution >= 4 is 17.3 Å². The van der Waals surface area contributed by atoms with E-state index in [1.54, 1.807) is 0 Å². The number of carbonyl (C=O) groups is 1. The van der Waals surface area contributed by atoms with Gasteiger partial charge < -0.3 is 15.4 Å². The molecule has 0 radical (unpaired) electrons. The van der Waals surface area contributed by atoms with Crippen LogP contribution in [0.3, 0.4) is 0 Å². The summed E-state index contributed by atoms with van der Waals surface area (Å²) in [5, 5.41) is 16.0. The van der Waals surface area contributed by atoms with Gasteiger partial charge in [-0.05, 0) is 19.3 Å². The second-order valence-electron chi connectivity index (χ2n) is 6.12. The number of nitrogens with zero attached hydrogens (tertiary/aromatic N) is 1. The third-order valence-electron chi connectivity index (χ3n) is 4.14. The van der Waals surface area contributed by atoms with Gasteiger partial charge >= 0.3 is 6.18 Å². The average Bonchev–Trinajstić information content (AvgIpc) is 2.64. The number of halogens is 5. The molecule has 12 heteroatoms. The van der Waals surface area contributed by atoms with Gasteiger partial charge in [0.2, 0.25) is 0 Å². The molecular weight excluding hydrogens is 405 g/mol. The molecule has 0 bridgehead atoms. The van der Waals surface area contributed by atoms with Gasteiger partial charge in [-0.15, -0.1) is 0 Å². The fourth-order valence-corrected chi connectivity index (χ4v) is 2.61.